The molecule has 4 heteroatoms. The molecule has 0 bridgehead atoms. The van der Waals surface area contributed by atoms with Crippen LogP contribution in [0.25, 0.3) is 0 Å². The average molecular weight is 264 g/mol. The first-order valence-electron chi connectivity index (χ1n) is 7.09. The Morgan fingerprint density at radius 1 is 1.21 bits per heavy atom. The van der Waals surface area contributed by atoms with Gasteiger partial charge >= 0.3 is 0 Å². The summed E-state index contributed by atoms with van der Waals surface area (Å²) in [5.41, 5.74) is 7.18. The zero-order valence-corrected chi connectivity index (χ0v) is 11.9. The Bertz CT molecular complexity index is 409. The third kappa shape index (κ3) is 3.85. The molecule has 1 saturated heterocycles. The van der Waals surface area contributed by atoms with E-state index < -0.39 is 0 Å². The Labute approximate surface area is 115 Å². The molecular weight excluding hydrogens is 240 g/mol. The van der Waals surface area contributed by atoms with Crippen LogP contribution in [-0.4, -0.2) is 37.2 Å². The summed E-state index contributed by atoms with van der Waals surface area (Å²) >= 11 is 0. The fourth-order valence-corrected chi connectivity index (χ4v) is 2.46. The smallest absolute Gasteiger partial charge is 0.161 e. The molecule has 1 fully saturated rings. The Hall–Kier alpha value is -1.26. The normalized spacial score (nSPS) is 19.6. The van der Waals surface area contributed by atoms with Gasteiger partial charge < -0.3 is 15.2 Å². The average Bonchev–Trinajstić information content (AvgIpc) is 2.79. The van der Waals surface area contributed by atoms with E-state index in [0.29, 0.717) is 19.3 Å². The van der Waals surface area contributed by atoms with E-state index in [4.69, 9.17) is 15.2 Å². The third-order valence-electron chi connectivity index (χ3n) is 3.32. The Kier molecular flexibility index (Phi) is 5.05. The summed E-state index contributed by atoms with van der Waals surface area (Å²) in [5.74, 6) is 1.66. The van der Waals surface area contributed by atoms with Crippen LogP contribution in [0.2, 0.25) is 0 Å². The van der Waals surface area contributed by atoms with Gasteiger partial charge in [-0.3, -0.25) is 4.90 Å². The number of nitrogens with zero attached hydrogens (tertiary/aromatic N) is 1. The fraction of sp³-hybridized carbons (Fsp3) is 0.600. The maximum atomic E-state index is 5.93. The van der Waals surface area contributed by atoms with Crippen molar-refractivity contribution in [2.24, 2.45) is 5.73 Å². The summed E-state index contributed by atoms with van der Waals surface area (Å²) in [6.07, 6.45) is 1.09. The highest BCUT2D eigenvalue weighted by Crippen LogP contribution is 2.29. The quantitative estimate of drug-likeness (QED) is 0.854. The van der Waals surface area contributed by atoms with Crippen LogP contribution in [0.3, 0.4) is 0 Å². The number of likely N-dealkylation sites (tertiary alicyclic amines) is 1. The second-order valence-electron chi connectivity index (χ2n) is 4.93. The zero-order valence-electron chi connectivity index (χ0n) is 11.9. The molecule has 1 unspecified atom stereocenters. The lowest BCUT2D eigenvalue weighted by atomic mass is 10.2. The van der Waals surface area contributed by atoms with Gasteiger partial charge in [-0.15, -0.1) is 0 Å². The molecule has 1 atom stereocenters. The molecule has 4 nitrogen and oxygen atoms in total. The van der Waals surface area contributed by atoms with Gasteiger partial charge in [0.1, 0.15) is 0 Å². The van der Waals surface area contributed by atoms with Gasteiger partial charge in [-0.05, 0) is 38.0 Å². The Morgan fingerprint density at radius 2 is 1.95 bits per heavy atom. The van der Waals surface area contributed by atoms with Crippen molar-refractivity contribution in [1.29, 1.82) is 0 Å². The van der Waals surface area contributed by atoms with Crippen molar-refractivity contribution in [3.05, 3.63) is 23.8 Å². The van der Waals surface area contributed by atoms with E-state index in [9.17, 15) is 0 Å². The summed E-state index contributed by atoms with van der Waals surface area (Å²) in [4.78, 5) is 2.38. The molecule has 0 amide bonds. The van der Waals surface area contributed by atoms with Crippen LogP contribution in [0.1, 0.15) is 25.8 Å². The fourth-order valence-electron chi connectivity index (χ4n) is 2.46. The molecule has 2 N–H and O–H groups in total. The topological polar surface area (TPSA) is 47.7 Å². The molecule has 19 heavy (non-hydrogen) atoms. The van der Waals surface area contributed by atoms with Gasteiger partial charge in [0, 0.05) is 25.7 Å². The van der Waals surface area contributed by atoms with E-state index in [2.05, 4.69) is 17.0 Å². The molecule has 0 saturated carbocycles. The van der Waals surface area contributed by atoms with Gasteiger partial charge in [0.15, 0.2) is 11.5 Å². The highest BCUT2D eigenvalue weighted by Gasteiger charge is 2.19. The first-order valence-corrected chi connectivity index (χ1v) is 7.09. The lowest BCUT2D eigenvalue weighted by Gasteiger charge is -2.17. The molecule has 106 valence electrons. The Morgan fingerprint density at radius 3 is 2.58 bits per heavy atom. The van der Waals surface area contributed by atoms with Gasteiger partial charge in [0.25, 0.3) is 0 Å². The summed E-state index contributed by atoms with van der Waals surface area (Å²) < 4.78 is 11.2. The standard InChI is InChI=1S/C15H24N2O2/c1-3-18-14-6-5-12(9-15(14)19-4-2)10-17-8-7-13(16)11-17/h5-6,9,13H,3-4,7-8,10-11,16H2,1-2H3. The van der Waals surface area contributed by atoms with Crippen molar-refractivity contribution in [3.8, 4) is 11.5 Å². The van der Waals surface area contributed by atoms with Gasteiger partial charge in [-0.2, -0.15) is 0 Å². The van der Waals surface area contributed by atoms with Crippen LogP contribution in [0.15, 0.2) is 18.2 Å². The lowest BCUT2D eigenvalue weighted by molar-refractivity contribution is 0.285. The SMILES string of the molecule is CCOc1ccc(CN2CCC(N)C2)cc1OCC. The molecule has 1 aliphatic rings. The maximum Gasteiger partial charge on any atom is 0.161 e. The van der Waals surface area contributed by atoms with Crippen molar-refractivity contribution >= 4 is 0 Å². The first kappa shape index (κ1) is 14.2. The van der Waals surface area contributed by atoms with Crippen LogP contribution in [0.5, 0.6) is 11.5 Å². The molecular formula is C15H24N2O2. The van der Waals surface area contributed by atoms with Gasteiger partial charge in [-0.1, -0.05) is 6.07 Å². The lowest BCUT2D eigenvalue weighted by Crippen LogP contribution is -2.26. The molecule has 1 aromatic rings. The van der Waals surface area contributed by atoms with Crippen molar-refractivity contribution in [1.82, 2.24) is 4.90 Å². The molecule has 1 heterocycles. The zero-order chi connectivity index (χ0) is 13.7. The number of hydrogen-bond acceptors (Lipinski definition) is 4. The predicted octanol–water partition coefficient (Wildman–Crippen LogP) is 2.02. The van der Waals surface area contributed by atoms with Crippen molar-refractivity contribution in [2.75, 3.05) is 26.3 Å². The van der Waals surface area contributed by atoms with E-state index in [0.717, 1.165) is 37.6 Å². The maximum absolute atomic E-state index is 5.93. The minimum atomic E-state index is 0.328. The van der Waals surface area contributed by atoms with E-state index >= 15 is 0 Å². The van der Waals surface area contributed by atoms with Crippen LogP contribution < -0.4 is 15.2 Å². The second-order valence-corrected chi connectivity index (χ2v) is 4.93. The third-order valence-corrected chi connectivity index (χ3v) is 3.32. The monoisotopic (exact) mass is 264 g/mol. The minimum absolute atomic E-state index is 0.328. The summed E-state index contributed by atoms with van der Waals surface area (Å²) in [5, 5.41) is 0. The number of nitrogens with two attached hydrogens (primary N) is 1. The number of rotatable bonds is 6. The number of benzene rings is 1. The van der Waals surface area contributed by atoms with Crippen LogP contribution in [0, 0.1) is 0 Å². The van der Waals surface area contributed by atoms with Gasteiger partial charge in [0.05, 0.1) is 13.2 Å². The van der Waals surface area contributed by atoms with Crippen molar-refractivity contribution in [3.63, 3.8) is 0 Å². The molecule has 1 aromatic carbocycles. The van der Waals surface area contributed by atoms with E-state index in [1.165, 1.54) is 5.56 Å². The van der Waals surface area contributed by atoms with Crippen LogP contribution in [0.4, 0.5) is 0 Å². The van der Waals surface area contributed by atoms with Gasteiger partial charge in [-0.25, -0.2) is 0 Å². The summed E-state index contributed by atoms with van der Waals surface area (Å²) in [6.45, 7) is 8.27. The van der Waals surface area contributed by atoms with E-state index in [1.807, 2.05) is 19.9 Å². The largest absolute Gasteiger partial charge is 0.490 e. The van der Waals surface area contributed by atoms with E-state index in [1.54, 1.807) is 0 Å². The molecule has 0 spiro atoms. The minimum Gasteiger partial charge on any atom is -0.490 e. The predicted molar refractivity (Wildman–Crippen MR) is 76.6 cm³/mol. The number of ether oxygens (including phenoxy) is 2. The van der Waals surface area contributed by atoms with Crippen LogP contribution in [-0.2, 0) is 6.54 Å². The molecule has 0 radical (unpaired) electrons. The van der Waals surface area contributed by atoms with Crippen molar-refractivity contribution in [2.45, 2.75) is 32.9 Å². The van der Waals surface area contributed by atoms with Crippen LogP contribution >= 0.6 is 0 Å². The molecule has 2 rings (SSSR count). The molecule has 1 aliphatic heterocycles. The number of hydrogen-bond donors (Lipinski definition) is 1. The summed E-state index contributed by atoms with van der Waals surface area (Å²) in [6, 6.07) is 6.52. The second kappa shape index (κ2) is 6.78. The first-order chi connectivity index (χ1) is 9.22. The highest BCUT2D eigenvalue weighted by molar-refractivity contribution is 5.43. The highest BCUT2D eigenvalue weighted by atomic mass is 16.5. The van der Waals surface area contributed by atoms with Gasteiger partial charge in [0.2, 0.25) is 0 Å². The molecule has 0 aliphatic carbocycles. The van der Waals surface area contributed by atoms with E-state index in [-0.39, 0.29) is 0 Å². The summed E-state index contributed by atoms with van der Waals surface area (Å²) in [7, 11) is 0. The molecule has 0 aromatic heterocycles. The van der Waals surface area contributed by atoms with Crippen molar-refractivity contribution < 1.29 is 9.47 Å². The Balaban J connectivity index is 2.06.